The van der Waals surface area contributed by atoms with Crippen molar-refractivity contribution < 1.29 is 9.53 Å². The third-order valence-electron chi connectivity index (χ3n) is 3.23. The number of aromatic nitrogens is 1. The number of ether oxygens (including phenoxy) is 1. The van der Waals surface area contributed by atoms with Crippen LogP contribution < -0.4 is 4.74 Å². The van der Waals surface area contributed by atoms with Crippen LogP contribution in [0.25, 0.3) is 10.9 Å². The van der Waals surface area contributed by atoms with Gasteiger partial charge in [0.15, 0.2) is 0 Å². The molecule has 1 heterocycles. The lowest BCUT2D eigenvalue weighted by atomic mass is 10.1. The van der Waals surface area contributed by atoms with Crippen LogP contribution in [0.4, 0.5) is 0 Å². The number of aryl methyl sites for hydroxylation is 1. The minimum Gasteiger partial charge on any atom is -0.488 e. The smallest absolute Gasteiger partial charge is 0.150 e. The van der Waals surface area contributed by atoms with Gasteiger partial charge in [-0.25, -0.2) is 0 Å². The molecule has 0 saturated carbocycles. The third kappa shape index (κ3) is 2.43. The largest absolute Gasteiger partial charge is 0.488 e. The van der Waals surface area contributed by atoms with Crippen LogP contribution in [0.1, 0.15) is 21.6 Å². The van der Waals surface area contributed by atoms with Gasteiger partial charge in [0.25, 0.3) is 0 Å². The van der Waals surface area contributed by atoms with Gasteiger partial charge in [-0.2, -0.15) is 0 Å². The van der Waals surface area contributed by atoms with E-state index < -0.39 is 0 Å². The SMILES string of the molecule is Cc1cc2c(OCc3ccccc3)cc(C=O)cc2[nH]1. The molecule has 0 aliphatic carbocycles. The zero-order valence-electron chi connectivity index (χ0n) is 11.2. The maximum atomic E-state index is 11.0. The number of carbonyl (C=O) groups is 1. The molecule has 3 nitrogen and oxygen atoms in total. The fourth-order valence-corrected chi connectivity index (χ4v) is 2.29. The Morgan fingerprint density at radius 3 is 2.70 bits per heavy atom. The number of rotatable bonds is 4. The van der Waals surface area contributed by atoms with Gasteiger partial charge in [-0.1, -0.05) is 30.3 Å². The minimum atomic E-state index is 0.489. The maximum absolute atomic E-state index is 11.0. The zero-order valence-corrected chi connectivity index (χ0v) is 11.2. The van der Waals surface area contributed by atoms with Crippen LogP contribution in [0, 0.1) is 6.92 Å². The molecule has 0 bridgehead atoms. The first-order valence-electron chi connectivity index (χ1n) is 6.51. The van der Waals surface area contributed by atoms with Crippen molar-refractivity contribution in [1.82, 2.24) is 4.98 Å². The molecule has 0 amide bonds. The van der Waals surface area contributed by atoms with Gasteiger partial charge >= 0.3 is 0 Å². The highest BCUT2D eigenvalue weighted by molar-refractivity contribution is 5.92. The number of H-pyrrole nitrogens is 1. The van der Waals surface area contributed by atoms with Crippen LogP contribution in [0.2, 0.25) is 0 Å². The quantitative estimate of drug-likeness (QED) is 0.728. The van der Waals surface area contributed by atoms with Crippen molar-refractivity contribution in [3.63, 3.8) is 0 Å². The van der Waals surface area contributed by atoms with Crippen LogP contribution >= 0.6 is 0 Å². The van der Waals surface area contributed by atoms with Crippen molar-refractivity contribution in [1.29, 1.82) is 0 Å². The molecule has 0 spiro atoms. The topological polar surface area (TPSA) is 42.1 Å². The molecule has 1 aromatic heterocycles. The standard InChI is InChI=1S/C17H15NO2/c1-12-7-15-16(18-12)8-14(10-19)9-17(15)20-11-13-5-3-2-4-6-13/h2-10,18H,11H2,1H3. The van der Waals surface area contributed by atoms with Gasteiger partial charge in [0, 0.05) is 16.6 Å². The van der Waals surface area contributed by atoms with E-state index in [4.69, 9.17) is 4.74 Å². The van der Waals surface area contributed by atoms with Gasteiger partial charge in [-0.15, -0.1) is 0 Å². The molecule has 100 valence electrons. The van der Waals surface area contributed by atoms with E-state index in [-0.39, 0.29) is 0 Å². The maximum Gasteiger partial charge on any atom is 0.150 e. The fourth-order valence-electron chi connectivity index (χ4n) is 2.29. The molecule has 2 aromatic carbocycles. The molecule has 0 radical (unpaired) electrons. The van der Waals surface area contributed by atoms with Gasteiger partial charge in [0.2, 0.25) is 0 Å². The molecule has 3 aromatic rings. The van der Waals surface area contributed by atoms with Gasteiger partial charge in [-0.05, 0) is 30.7 Å². The summed E-state index contributed by atoms with van der Waals surface area (Å²) in [5.41, 5.74) is 3.69. The van der Waals surface area contributed by atoms with E-state index >= 15 is 0 Å². The Morgan fingerprint density at radius 2 is 1.95 bits per heavy atom. The third-order valence-corrected chi connectivity index (χ3v) is 3.23. The highest BCUT2D eigenvalue weighted by atomic mass is 16.5. The molecular formula is C17H15NO2. The average molecular weight is 265 g/mol. The van der Waals surface area contributed by atoms with Crippen molar-refractivity contribution in [2.45, 2.75) is 13.5 Å². The lowest BCUT2D eigenvalue weighted by Gasteiger charge is -2.08. The van der Waals surface area contributed by atoms with Crippen molar-refractivity contribution in [3.8, 4) is 5.75 Å². The summed E-state index contributed by atoms with van der Waals surface area (Å²) in [5, 5.41) is 1.00. The van der Waals surface area contributed by atoms with Crippen molar-refractivity contribution in [3.05, 3.63) is 65.4 Å². The summed E-state index contributed by atoms with van der Waals surface area (Å²) in [5.74, 6) is 0.734. The summed E-state index contributed by atoms with van der Waals surface area (Å²) in [6.07, 6.45) is 0.838. The second-order valence-electron chi connectivity index (χ2n) is 4.82. The molecule has 0 aliphatic heterocycles. The molecule has 20 heavy (non-hydrogen) atoms. The number of carbonyl (C=O) groups excluding carboxylic acids is 1. The summed E-state index contributed by atoms with van der Waals surface area (Å²) in [4.78, 5) is 14.2. The van der Waals surface area contributed by atoms with E-state index in [1.807, 2.05) is 49.4 Å². The summed E-state index contributed by atoms with van der Waals surface area (Å²) in [7, 11) is 0. The molecule has 1 N–H and O–H groups in total. The van der Waals surface area contributed by atoms with E-state index in [2.05, 4.69) is 4.98 Å². The highest BCUT2D eigenvalue weighted by Crippen LogP contribution is 2.28. The number of hydrogen-bond donors (Lipinski definition) is 1. The molecule has 3 heteroatoms. The Labute approximate surface area is 117 Å². The summed E-state index contributed by atoms with van der Waals surface area (Å²) < 4.78 is 5.88. The van der Waals surface area contributed by atoms with Crippen LogP contribution in [0.5, 0.6) is 5.75 Å². The number of fused-ring (bicyclic) bond motifs is 1. The highest BCUT2D eigenvalue weighted by Gasteiger charge is 2.08. The van der Waals surface area contributed by atoms with E-state index in [1.54, 1.807) is 6.07 Å². The van der Waals surface area contributed by atoms with Crippen LogP contribution in [0.3, 0.4) is 0 Å². The number of nitrogens with one attached hydrogen (secondary N) is 1. The number of aromatic amines is 1. The fraction of sp³-hybridized carbons (Fsp3) is 0.118. The van der Waals surface area contributed by atoms with Crippen molar-refractivity contribution in [2.75, 3.05) is 0 Å². The predicted molar refractivity (Wildman–Crippen MR) is 79.2 cm³/mol. The number of benzene rings is 2. The molecule has 3 rings (SSSR count). The minimum absolute atomic E-state index is 0.489. The van der Waals surface area contributed by atoms with E-state index in [1.165, 1.54) is 0 Å². The summed E-state index contributed by atoms with van der Waals surface area (Å²) in [6, 6.07) is 15.6. The Kier molecular flexibility index (Phi) is 3.25. The lowest BCUT2D eigenvalue weighted by molar-refractivity contribution is 0.112. The first kappa shape index (κ1) is 12.5. The predicted octanol–water partition coefficient (Wildman–Crippen LogP) is 3.87. The summed E-state index contributed by atoms with van der Waals surface area (Å²) in [6.45, 7) is 2.48. The normalized spacial score (nSPS) is 10.7. The molecule has 0 fully saturated rings. The molecule has 0 aliphatic rings. The Bertz CT molecular complexity index is 744. The Morgan fingerprint density at radius 1 is 1.15 bits per heavy atom. The van der Waals surface area contributed by atoms with Crippen LogP contribution in [0.15, 0.2) is 48.5 Å². The van der Waals surface area contributed by atoms with Crippen molar-refractivity contribution in [2.24, 2.45) is 0 Å². The number of aldehydes is 1. The first-order valence-corrected chi connectivity index (χ1v) is 6.51. The second kappa shape index (κ2) is 5.21. The van der Waals surface area contributed by atoms with Crippen molar-refractivity contribution >= 4 is 17.2 Å². The molecule has 0 atom stereocenters. The summed E-state index contributed by atoms with van der Waals surface area (Å²) >= 11 is 0. The monoisotopic (exact) mass is 265 g/mol. The van der Waals surface area contributed by atoms with E-state index in [0.29, 0.717) is 12.2 Å². The van der Waals surface area contributed by atoms with E-state index in [0.717, 1.165) is 34.2 Å². The molecule has 0 unspecified atom stereocenters. The second-order valence-corrected chi connectivity index (χ2v) is 4.82. The van der Waals surface area contributed by atoms with Crippen LogP contribution in [-0.4, -0.2) is 11.3 Å². The first-order chi connectivity index (χ1) is 9.76. The van der Waals surface area contributed by atoms with Crippen LogP contribution in [-0.2, 0) is 6.61 Å². The van der Waals surface area contributed by atoms with Gasteiger partial charge in [0.1, 0.15) is 18.6 Å². The molecule has 0 saturated heterocycles. The lowest BCUT2D eigenvalue weighted by Crippen LogP contribution is -1.96. The number of hydrogen-bond acceptors (Lipinski definition) is 2. The Balaban J connectivity index is 1.95. The Hall–Kier alpha value is -2.55. The van der Waals surface area contributed by atoms with Gasteiger partial charge < -0.3 is 9.72 Å². The zero-order chi connectivity index (χ0) is 13.9. The van der Waals surface area contributed by atoms with E-state index in [9.17, 15) is 4.79 Å². The van der Waals surface area contributed by atoms with Gasteiger partial charge in [-0.3, -0.25) is 4.79 Å². The van der Waals surface area contributed by atoms with Gasteiger partial charge in [0.05, 0.1) is 5.52 Å². The molecular weight excluding hydrogens is 250 g/mol. The average Bonchev–Trinajstić information content (AvgIpc) is 2.86.